The molecule has 2 N–H and O–H groups in total. The van der Waals surface area contributed by atoms with E-state index in [0.29, 0.717) is 6.54 Å². The Hall–Kier alpha value is -1.08. The van der Waals surface area contributed by atoms with Crippen molar-refractivity contribution < 1.29 is 9.53 Å². The number of anilines is 1. The second-order valence-electron chi connectivity index (χ2n) is 5.84. The van der Waals surface area contributed by atoms with E-state index in [2.05, 4.69) is 20.5 Å². The summed E-state index contributed by atoms with van der Waals surface area (Å²) in [6.07, 6.45) is 5.07. The van der Waals surface area contributed by atoms with E-state index in [0.717, 1.165) is 63.5 Å². The molecule has 1 aromatic heterocycles. The third-order valence-corrected chi connectivity index (χ3v) is 4.24. The van der Waals surface area contributed by atoms with Crippen molar-refractivity contribution in [2.45, 2.75) is 31.8 Å². The minimum Gasteiger partial charge on any atom is -0.378 e. The molecule has 136 valence electrons. The SMILES string of the molecule is Cl.Cl.O=C(NCc1ccc(N2CCOCC2)nc1)[C@@H]1CCCCN1. The first kappa shape index (κ1) is 21.0. The molecule has 8 heteroatoms. The smallest absolute Gasteiger partial charge is 0.237 e. The van der Waals surface area contributed by atoms with Crippen LogP contribution >= 0.6 is 24.8 Å². The van der Waals surface area contributed by atoms with Gasteiger partial charge in [0.05, 0.1) is 19.3 Å². The molecule has 2 aliphatic heterocycles. The first-order chi connectivity index (χ1) is 10.8. The van der Waals surface area contributed by atoms with E-state index in [4.69, 9.17) is 4.74 Å². The molecule has 0 saturated carbocycles. The number of ether oxygens (including phenoxy) is 1. The molecule has 0 unspecified atom stereocenters. The molecule has 2 aliphatic rings. The van der Waals surface area contributed by atoms with Crippen molar-refractivity contribution in [3.63, 3.8) is 0 Å². The Labute approximate surface area is 155 Å². The molecular weight excluding hydrogens is 351 g/mol. The Morgan fingerprint density at radius 1 is 1.29 bits per heavy atom. The van der Waals surface area contributed by atoms with Crippen LogP contribution in [-0.4, -0.2) is 49.8 Å². The normalized spacial score (nSPS) is 20.5. The molecule has 2 fully saturated rings. The van der Waals surface area contributed by atoms with Crippen molar-refractivity contribution in [1.82, 2.24) is 15.6 Å². The van der Waals surface area contributed by atoms with Crippen molar-refractivity contribution in [3.05, 3.63) is 23.9 Å². The number of aromatic nitrogens is 1. The van der Waals surface area contributed by atoms with Crippen LogP contribution in [0.3, 0.4) is 0 Å². The van der Waals surface area contributed by atoms with Gasteiger partial charge in [0.25, 0.3) is 0 Å². The molecule has 0 radical (unpaired) electrons. The molecule has 0 aliphatic carbocycles. The van der Waals surface area contributed by atoms with Gasteiger partial charge in [-0.25, -0.2) is 4.98 Å². The summed E-state index contributed by atoms with van der Waals surface area (Å²) in [5, 5.41) is 6.25. The number of halogens is 2. The maximum atomic E-state index is 12.1. The minimum atomic E-state index is -0.0330. The van der Waals surface area contributed by atoms with Gasteiger partial charge in [0.2, 0.25) is 5.91 Å². The van der Waals surface area contributed by atoms with Gasteiger partial charge in [-0.3, -0.25) is 4.79 Å². The van der Waals surface area contributed by atoms with Gasteiger partial charge in [-0.1, -0.05) is 12.5 Å². The lowest BCUT2D eigenvalue weighted by atomic mass is 10.0. The molecule has 2 saturated heterocycles. The van der Waals surface area contributed by atoms with E-state index in [1.807, 2.05) is 18.3 Å². The van der Waals surface area contributed by atoms with Crippen LogP contribution in [-0.2, 0) is 16.1 Å². The van der Waals surface area contributed by atoms with Crippen LogP contribution in [0.15, 0.2) is 18.3 Å². The van der Waals surface area contributed by atoms with Crippen LogP contribution in [0.4, 0.5) is 5.82 Å². The van der Waals surface area contributed by atoms with Gasteiger partial charge in [0, 0.05) is 25.8 Å². The summed E-state index contributed by atoms with van der Waals surface area (Å²) in [5.74, 6) is 1.07. The molecular formula is C16H26Cl2N4O2. The molecule has 24 heavy (non-hydrogen) atoms. The number of pyridine rings is 1. The Morgan fingerprint density at radius 2 is 2.08 bits per heavy atom. The summed E-state index contributed by atoms with van der Waals surface area (Å²) in [7, 11) is 0. The van der Waals surface area contributed by atoms with Crippen LogP contribution in [0.25, 0.3) is 0 Å². The summed E-state index contributed by atoms with van der Waals surface area (Å²) < 4.78 is 5.34. The quantitative estimate of drug-likeness (QED) is 0.833. The van der Waals surface area contributed by atoms with E-state index < -0.39 is 0 Å². The molecule has 1 atom stereocenters. The standard InChI is InChI=1S/C16H24N4O2.2ClH/c21-16(14-3-1-2-6-17-14)19-12-13-4-5-15(18-11-13)20-7-9-22-10-8-20;;/h4-5,11,14,17H,1-3,6-10,12H2,(H,19,21);2*1H/t14-;;/m0../s1. The van der Waals surface area contributed by atoms with E-state index in [1.165, 1.54) is 0 Å². The van der Waals surface area contributed by atoms with Crippen molar-refractivity contribution in [3.8, 4) is 0 Å². The van der Waals surface area contributed by atoms with E-state index >= 15 is 0 Å². The summed E-state index contributed by atoms with van der Waals surface area (Å²) in [4.78, 5) is 18.8. The zero-order valence-electron chi connectivity index (χ0n) is 13.7. The fraction of sp³-hybridized carbons (Fsp3) is 0.625. The van der Waals surface area contributed by atoms with E-state index in [9.17, 15) is 4.79 Å². The minimum absolute atomic E-state index is 0. The number of piperidine rings is 1. The summed E-state index contributed by atoms with van der Waals surface area (Å²) in [6.45, 7) is 4.76. The number of hydrogen-bond acceptors (Lipinski definition) is 5. The highest BCUT2D eigenvalue weighted by atomic mass is 35.5. The molecule has 3 rings (SSSR count). The summed E-state index contributed by atoms with van der Waals surface area (Å²) in [5.41, 5.74) is 1.03. The number of nitrogens with zero attached hydrogens (tertiary/aromatic N) is 2. The lowest BCUT2D eigenvalue weighted by Gasteiger charge is -2.27. The zero-order valence-corrected chi connectivity index (χ0v) is 15.3. The summed E-state index contributed by atoms with van der Waals surface area (Å²) in [6, 6.07) is 4.02. The second-order valence-corrected chi connectivity index (χ2v) is 5.84. The number of nitrogens with one attached hydrogen (secondary N) is 2. The number of rotatable bonds is 4. The van der Waals surface area contributed by atoms with Gasteiger partial charge < -0.3 is 20.3 Å². The van der Waals surface area contributed by atoms with Gasteiger partial charge >= 0.3 is 0 Å². The molecule has 3 heterocycles. The predicted octanol–water partition coefficient (Wildman–Crippen LogP) is 1.52. The Kier molecular flexibility index (Phi) is 9.36. The molecule has 0 spiro atoms. The lowest BCUT2D eigenvalue weighted by molar-refractivity contribution is -0.123. The number of hydrogen-bond donors (Lipinski definition) is 2. The first-order valence-electron chi connectivity index (χ1n) is 8.11. The van der Waals surface area contributed by atoms with E-state index in [1.54, 1.807) is 0 Å². The summed E-state index contributed by atoms with van der Waals surface area (Å²) >= 11 is 0. The highest BCUT2D eigenvalue weighted by Crippen LogP contribution is 2.13. The highest BCUT2D eigenvalue weighted by Gasteiger charge is 2.20. The van der Waals surface area contributed by atoms with Crippen LogP contribution < -0.4 is 15.5 Å². The number of carbonyl (C=O) groups excluding carboxylic acids is 1. The first-order valence-corrected chi connectivity index (χ1v) is 8.11. The Bertz CT molecular complexity index is 489. The topological polar surface area (TPSA) is 66.5 Å². The molecule has 1 aromatic rings. The molecule has 1 amide bonds. The molecule has 0 aromatic carbocycles. The predicted molar refractivity (Wildman–Crippen MR) is 99.3 cm³/mol. The van der Waals surface area contributed by atoms with Gasteiger partial charge in [-0.2, -0.15) is 0 Å². The van der Waals surface area contributed by atoms with E-state index in [-0.39, 0.29) is 36.8 Å². The number of amides is 1. The van der Waals surface area contributed by atoms with Gasteiger partial charge in [-0.05, 0) is 31.0 Å². The Balaban J connectivity index is 0.00000144. The highest BCUT2D eigenvalue weighted by molar-refractivity contribution is 5.85. The van der Waals surface area contributed by atoms with Gasteiger partial charge in [-0.15, -0.1) is 24.8 Å². The van der Waals surface area contributed by atoms with Crippen LogP contribution in [0.2, 0.25) is 0 Å². The maximum Gasteiger partial charge on any atom is 0.237 e. The van der Waals surface area contributed by atoms with Gasteiger partial charge in [0.1, 0.15) is 5.82 Å². The van der Waals surface area contributed by atoms with Crippen LogP contribution in [0, 0.1) is 0 Å². The van der Waals surface area contributed by atoms with Crippen molar-refractivity contribution in [2.75, 3.05) is 37.7 Å². The monoisotopic (exact) mass is 376 g/mol. The van der Waals surface area contributed by atoms with Crippen molar-refractivity contribution in [2.24, 2.45) is 0 Å². The van der Waals surface area contributed by atoms with Crippen LogP contribution in [0.1, 0.15) is 24.8 Å². The zero-order chi connectivity index (χ0) is 15.2. The number of carbonyl (C=O) groups is 1. The lowest BCUT2D eigenvalue weighted by Crippen LogP contribution is -2.46. The maximum absolute atomic E-state index is 12.1. The van der Waals surface area contributed by atoms with Crippen molar-refractivity contribution in [1.29, 1.82) is 0 Å². The van der Waals surface area contributed by atoms with Crippen LogP contribution in [0.5, 0.6) is 0 Å². The van der Waals surface area contributed by atoms with Gasteiger partial charge in [0.15, 0.2) is 0 Å². The average molecular weight is 377 g/mol. The fourth-order valence-electron chi connectivity index (χ4n) is 2.89. The van der Waals surface area contributed by atoms with Crippen molar-refractivity contribution >= 4 is 36.5 Å². The molecule has 6 nitrogen and oxygen atoms in total. The average Bonchev–Trinajstić information content (AvgIpc) is 2.61. The fourth-order valence-corrected chi connectivity index (χ4v) is 2.89. The second kappa shape index (κ2) is 10.7. The Morgan fingerprint density at radius 3 is 2.71 bits per heavy atom. The number of morpholine rings is 1. The third-order valence-electron chi connectivity index (χ3n) is 4.24. The molecule has 0 bridgehead atoms. The third kappa shape index (κ3) is 5.77. The largest absolute Gasteiger partial charge is 0.378 e.